The summed E-state index contributed by atoms with van der Waals surface area (Å²) in [6.45, 7) is 7.31. The van der Waals surface area contributed by atoms with Crippen LogP contribution in [0.25, 0.3) is 0 Å². The molecule has 4 rings (SSSR count). The Hall–Kier alpha value is -3.10. The Morgan fingerprint density at radius 3 is 2.51 bits per heavy atom. The van der Waals surface area contributed by atoms with Crippen LogP contribution in [-0.4, -0.2) is 55.9 Å². The molecule has 0 radical (unpaired) electrons. The van der Waals surface area contributed by atoms with E-state index in [2.05, 4.69) is 52.4 Å². The van der Waals surface area contributed by atoms with Crippen LogP contribution >= 0.6 is 11.3 Å². The van der Waals surface area contributed by atoms with Crippen molar-refractivity contribution >= 4 is 28.1 Å². The highest BCUT2D eigenvalue weighted by Gasteiger charge is 2.21. The molecule has 0 aliphatic carbocycles. The molecule has 0 amide bonds. The van der Waals surface area contributed by atoms with Crippen molar-refractivity contribution in [1.29, 1.82) is 0 Å². The number of para-hydroxylation sites is 1. The minimum absolute atomic E-state index is 0.129. The Morgan fingerprint density at radius 2 is 1.80 bits per heavy atom. The van der Waals surface area contributed by atoms with Gasteiger partial charge in [-0.05, 0) is 55.8 Å². The monoisotopic (exact) mass is 494 g/mol. The zero-order valence-electron chi connectivity index (χ0n) is 20.5. The van der Waals surface area contributed by atoms with E-state index in [0.717, 1.165) is 60.3 Å². The predicted octanol–water partition coefficient (Wildman–Crippen LogP) is 4.14. The fraction of sp³-hybridized carbons (Fsp3) is 0.407. The number of hydrogen-bond donors (Lipinski definition) is 2. The number of aryl methyl sites for hydroxylation is 2. The summed E-state index contributed by atoms with van der Waals surface area (Å²) in [6.07, 6.45) is 1.41. The molecule has 186 valence electrons. The summed E-state index contributed by atoms with van der Waals surface area (Å²) in [4.78, 5) is 21.9. The Morgan fingerprint density at radius 1 is 1.06 bits per heavy atom. The number of ether oxygens (including phenoxy) is 1. The second kappa shape index (κ2) is 12.0. The number of aliphatic carboxylic acids is 1. The Balaban J connectivity index is 1.30. The van der Waals surface area contributed by atoms with Crippen LogP contribution in [0.1, 0.15) is 28.1 Å². The molecule has 2 aromatic carbocycles. The van der Waals surface area contributed by atoms with E-state index in [9.17, 15) is 4.79 Å². The lowest BCUT2D eigenvalue weighted by atomic mass is 10.0. The highest BCUT2D eigenvalue weighted by molar-refractivity contribution is 7.15. The number of rotatable bonds is 11. The molecule has 0 saturated carbocycles. The number of aromatic nitrogens is 1. The van der Waals surface area contributed by atoms with Gasteiger partial charge < -0.3 is 25.0 Å². The van der Waals surface area contributed by atoms with E-state index in [1.165, 1.54) is 10.6 Å². The van der Waals surface area contributed by atoms with Gasteiger partial charge in [-0.2, -0.15) is 0 Å². The van der Waals surface area contributed by atoms with E-state index >= 15 is 0 Å². The quantitative estimate of drug-likeness (QED) is 0.415. The number of benzene rings is 2. The lowest BCUT2D eigenvalue weighted by Gasteiger charge is -2.36. The standard InChI is InChI=1S/C27H34N4O3S/c1-20-25(12-17-34-24-10-8-21(9-11-26(32)33)22(18-24)19-28-2)29-27(35-20)31-15-13-30(14-16-31)23-6-4-3-5-7-23/h3-8,10,18,28H,9,11-17,19H2,1-2H3,(H,32,33). The van der Waals surface area contributed by atoms with Gasteiger partial charge in [0.2, 0.25) is 0 Å². The van der Waals surface area contributed by atoms with Crippen LogP contribution in [0.4, 0.5) is 10.8 Å². The molecule has 1 saturated heterocycles. The maximum absolute atomic E-state index is 10.9. The highest BCUT2D eigenvalue weighted by atomic mass is 32.1. The van der Waals surface area contributed by atoms with Crippen molar-refractivity contribution in [3.63, 3.8) is 0 Å². The molecule has 1 fully saturated rings. The van der Waals surface area contributed by atoms with Gasteiger partial charge in [0.05, 0.1) is 12.3 Å². The maximum atomic E-state index is 10.9. The lowest BCUT2D eigenvalue weighted by Crippen LogP contribution is -2.46. The summed E-state index contributed by atoms with van der Waals surface area (Å²) in [6, 6.07) is 16.5. The number of carboxylic acid groups (broad SMARTS) is 1. The first-order valence-corrected chi connectivity index (χ1v) is 13.0. The Labute approximate surface area is 211 Å². The molecule has 1 aliphatic rings. The summed E-state index contributed by atoms with van der Waals surface area (Å²) >= 11 is 1.77. The average molecular weight is 495 g/mol. The second-order valence-electron chi connectivity index (χ2n) is 8.76. The smallest absolute Gasteiger partial charge is 0.303 e. The van der Waals surface area contributed by atoms with Gasteiger partial charge in [-0.15, -0.1) is 11.3 Å². The predicted molar refractivity (Wildman–Crippen MR) is 142 cm³/mol. The molecule has 8 heteroatoms. The summed E-state index contributed by atoms with van der Waals surface area (Å²) in [7, 11) is 1.89. The first kappa shape index (κ1) is 25.0. The topological polar surface area (TPSA) is 77.9 Å². The molecule has 1 aliphatic heterocycles. The largest absolute Gasteiger partial charge is 0.493 e. The van der Waals surface area contributed by atoms with E-state index < -0.39 is 5.97 Å². The average Bonchev–Trinajstić information content (AvgIpc) is 3.24. The van der Waals surface area contributed by atoms with Crippen molar-refractivity contribution < 1.29 is 14.6 Å². The normalized spacial score (nSPS) is 13.8. The van der Waals surface area contributed by atoms with Gasteiger partial charge in [0.25, 0.3) is 0 Å². The van der Waals surface area contributed by atoms with Crippen LogP contribution in [0, 0.1) is 6.92 Å². The number of carboxylic acids is 1. The van der Waals surface area contributed by atoms with Gasteiger partial charge >= 0.3 is 5.97 Å². The van der Waals surface area contributed by atoms with Gasteiger partial charge in [0, 0.05) is 56.1 Å². The van der Waals surface area contributed by atoms with Gasteiger partial charge in [0.1, 0.15) is 5.75 Å². The molecule has 3 aromatic rings. The Kier molecular flexibility index (Phi) is 8.60. The van der Waals surface area contributed by atoms with Gasteiger partial charge in [-0.1, -0.05) is 24.3 Å². The zero-order valence-corrected chi connectivity index (χ0v) is 21.3. The number of nitrogens with zero attached hydrogens (tertiary/aromatic N) is 3. The molecular weight excluding hydrogens is 460 g/mol. The van der Waals surface area contributed by atoms with Gasteiger partial charge in [0.15, 0.2) is 5.13 Å². The summed E-state index contributed by atoms with van der Waals surface area (Å²) in [5.41, 5.74) is 4.51. The van der Waals surface area contributed by atoms with Crippen LogP contribution in [0.5, 0.6) is 5.75 Å². The van der Waals surface area contributed by atoms with E-state index in [4.69, 9.17) is 14.8 Å². The van der Waals surface area contributed by atoms with E-state index in [1.54, 1.807) is 11.3 Å². The highest BCUT2D eigenvalue weighted by Crippen LogP contribution is 2.28. The molecule has 2 heterocycles. The molecule has 35 heavy (non-hydrogen) atoms. The number of hydrogen-bond acceptors (Lipinski definition) is 7. The minimum Gasteiger partial charge on any atom is -0.493 e. The number of thiazole rings is 1. The first-order valence-electron chi connectivity index (χ1n) is 12.2. The van der Waals surface area contributed by atoms with Crippen molar-refractivity contribution in [3.05, 3.63) is 70.2 Å². The van der Waals surface area contributed by atoms with Crippen molar-refractivity contribution in [1.82, 2.24) is 10.3 Å². The summed E-state index contributed by atoms with van der Waals surface area (Å²) in [5.74, 6) is 0.0243. The number of anilines is 2. The van der Waals surface area contributed by atoms with Crippen molar-refractivity contribution in [2.75, 3.05) is 49.6 Å². The zero-order chi connectivity index (χ0) is 24.6. The number of carbonyl (C=O) groups is 1. The minimum atomic E-state index is -0.781. The fourth-order valence-electron chi connectivity index (χ4n) is 4.37. The van der Waals surface area contributed by atoms with Crippen LogP contribution in [0.2, 0.25) is 0 Å². The maximum Gasteiger partial charge on any atom is 0.303 e. The summed E-state index contributed by atoms with van der Waals surface area (Å²) < 4.78 is 6.05. The van der Waals surface area contributed by atoms with E-state index in [-0.39, 0.29) is 6.42 Å². The van der Waals surface area contributed by atoms with E-state index in [0.29, 0.717) is 19.6 Å². The second-order valence-corrected chi connectivity index (χ2v) is 9.94. The van der Waals surface area contributed by atoms with Gasteiger partial charge in [-0.3, -0.25) is 4.79 Å². The third-order valence-electron chi connectivity index (χ3n) is 6.31. The SMILES string of the molecule is CNCc1cc(OCCc2nc(N3CCN(c4ccccc4)CC3)sc2C)ccc1CCC(=O)O. The molecule has 7 nitrogen and oxygen atoms in total. The Bertz CT molecular complexity index is 1110. The molecule has 0 atom stereocenters. The van der Waals surface area contributed by atoms with Crippen molar-refractivity contribution in [3.8, 4) is 5.75 Å². The third-order valence-corrected chi connectivity index (χ3v) is 7.39. The van der Waals surface area contributed by atoms with Crippen LogP contribution in [-0.2, 0) is 24.2 Å². The van der Waals surface area contributed by atoms with Crippen LogP contribution in [0.3, 0.4) is 0 Å². The van der Waals surface area contributed by atoms with E-state index in [1.807, 2.05) is 25.2 Å². The van der Waals surface area contributed by atoms with Crippen LogP contribution in [0.15, 0.2) is 48.5 Å². The molecular formula is C27H34N4O3S. The molecule has 2 N–H and O–H groups in total. The third kappa shape index (κ3) is 6.74. The van der Waals surface area contributed by atoms with Gasteiger partial charge in [-0.25, -0.2) is 4.98 Å². The van der Waals surface area contributed by atoms with Crippen molar-refractivity contribution in [2.24, 2.45) is 0 Å². The summed E-state index contributed by atoms with van der Waals surface area (Å²) in [5, 5.41) is 13.2. The molecule has 0 bridgehead atoms. The molecule has 1 aromatic heterocycles. The van der Waals surface area contributed by atoms with Crippen LogP contribution < -0.4 is 19.9 Å². The molecule has 0 spiro atoms. The lowest BCUT2D eigenvalue weighted by molar-refractivity contribution is -0.136. The molecule has 0 unspecified atom stereocenters. The fourth-order valence-corrected chi connectivity index (χ4v) is 5.38. The number of piperazine rings is 1. The number of nitrogens with one attached hydrogen (secondary N) is 1. The first-order chi connectivity index (χ1) is 17.0. The van der Waals surface area contributed by atoms with Crippen molar-refractivity contribution in [2.45, 2.75) is 32.7 Å².